The molecule has 4 aromatic rings. The second-order valence-electron chi connectivity index (χ2n) is 5.87. The first-order valence-electron chi connectivity index (χ1n) is 7.85. The number of halogens is 1. The number of hydrogen-bond acceptors (Lipinski definition) is 7. The third kappa shape index (κ3) is 3.23. The van der Waals surface area contributed by atoms with E-state index in [4.69, 9.17) is 5.73 Å². The average Bonchev–Trinajstić information content (AvgIpc) is 3.30. The van der Waals surface area contributed by atoms with Gasteiger partial charge in [-0.2, -0.15) is 4.98 Å². The van der Waals surface area contributed by atoms with Gasteiger partial charge in [0.25, 0.3) is 0 Å². The van der Waals surface area contributed by atoms with Crippen LogP contribution in [0.5, 0.6) is 0 Å². The molecule has 3 heterocycles. The van der Waals surface area contributed by atoms with Gasteiger partial charge in [0.15, 0.2) is 5.60 Å². The Hall–Kier alpha value is -3.35. The molecule has 0 aliphatic heterocycles. The summed E-state index contributed by atoms with van der Waals surface area (Å²) in [5.74, 6) is 5.48. The van der Waals surface area contributed by atoms with Gasteiger partial charge in [-0.1, -0.05) is 11.8 Å². The normalized spacial score (nSPS) is 13.1. The van der Waals surface area contributed by atoms with E-state index in [-0.39, 0.29) is 11.5 Å². The molecule has 7 nitrogen and oxygen atoms in total. The Morgan fingerprint density at radius 2 is 2.11 bits per heavy atom. The van der Waals surface area contributed by atoms with E-state index in [1.165, 1.54) is 36.9 Å². The predicted octanol–water partition coefficient (Wildman–Crippen LogP) is 2.25. The molecular formula is C18H13FN6OS. The summed E-state index contributed by atoms with van der Waals surface area (Å²) in [4.78, 5) is 16.3. The second-order valence-corrected chi connectivity index (χ2v) is 6.76. The van der Waals surface area contributed by atoms with Gasteiger partial charge in [0.1, 0.15) is 23.0 Å². The van der Waals surface area contributed by atoms with Gasteiger partial charge in [-0.25, -0.2) is 19.3 Å². The van der Waals surface area contributed by atoms with E-state index in [0.29, 0.717) is 21.9 Å². The third-order valence-corrected chi connectivity index (χ3v) is 4.82. The maximum atomic E-state index is 14.4. The fourth-order valence-electron chi connectivity index (χ4n) is 2.51. The summed E-state index contributed by atoms with van der Waals surface area (Å²) in [7, 11) is 0. The van der Waals surface area contributed by atoms with Crippen LogP contribution >= 0.6 is 11.3 Å². The minimum Gasteiger partial charge on any atom is -0.371 e. The smallest absolute Gasteiger partial charge is 0.221 e. The minimum absolute atomic E-state index is 0.121. The number of rotatable bonds is 2. The summed E-state index contributed by atoms with van der Waals surface area (Å²) in [6.07, 6.45) is 4.63. The van der Waals surface area contributed by atoms with E-state index in [9.17, 15) is 9.50 Å². The van der Waals surface area contributed by atoms with Crippen molar-refractivity contribution in [3.63, 3.8) is 0 Å². The van der Waals surface area contributed by atoms with Crippen molar-refractivity contribution in [1.29, 1.82) is 0 Å². The summed E-state index contributed by atoms with van der Waals surface area (Å²) in [5.41, 5.74) is 5.34. The molecule has 1 atom stereocenters. The molecular weight excluding hydrogens is 367 g/mol. The fraction of sp³-hybridized carbons (Fsp3) is 0.111. The summed E-state index contributed by atoms with van der Waals surface area (Å²) in [6, 6.07) is 4.51. The van der Waals surface area contributed by atoms with Gasteiger partial charge in [-0.3, -0.25) is 4.57 Å². The van der Waals surface area contributed by atoms with E-state index < -0.39 is 11.4 Å². The Bertz CT molecular complexity index is 1190. The average molecular weight is 380 g/mol. The third-order valence-electron chi connectivity index (χ3n) is 3.83. The lowest BCUT2D eigenvalue weighted by Crippen LogP contribution is -2.18. The highest BCUT2D eigenvalue weighted by Gasteiger charge is 2.23. The van der Waals surface area contributed by atoms with E-state index >= 15 is 0 Å². The minimum atomic E-state index is -1.48. The molecule has 0 saturated heterocycles. The summed E-state index contributed by atoms with van der Waals surface area (Å²) < 4.78 is 16.1. The van der Waals surface area contributed by atoms with Crippen LogP contribution in [0.4, 0.5) is 10.3 Å². The molecule has 134 valence electrons. The highest BCUT2D eigenvalue weighted by Crippen LogP contribution is 2.23. The largest absolute Gasteiger partial charge is 0.371 e. The Balaban J connectivity index is 1.80. The molecule has 3 N–H and O–H groups in total. The van der Waals surface area contributed by atoms with Gasteiger partial charge in [0.05, 0.1) is 16.6 Å². The molecule has 0 amide bonds. The summed E-state index contributed by atoms with van der Waals surface area (Å²) >= 11 is 1.28. The number of thiazole rings is 1. The van der Waals surface area contributed by atoms with Crippen LogP contribution in [0.25, 0.3) is 16.9 Å². The summed E-state index contributed by atoms with van der Waals surface area (Å²) in [5, 5.41) is 12.6. The molecule has 0 aliphatic carbocycles. The van der Waals surface area contributed by atoms with Crippen molar-refractivity contribution in [2.24, 2.45) is 0 Å². The molecule has 0 spiro atoms. The Morgan fingerprint density at radius 3 is 2.85 bits per heavy atom. The van der Waals surface area contributed by atoms with E-state index in [0.717, 1.165) is 0 Å². The highest BCUT2D eigenvalue weighted by atomic mass is 32.1. The number of aromatic nitrogens is 5. The van der Waals surface area contributed by atoms with Gasteiger partial charge in [-0.05, 0) is 19.1 Å². The lowest BCUT2D eigenvalue weighted by atomic mass is 10.1. The Morgan fingerprint density at radius 1 is 1.26 bits per heavy atom. The van der Waals surface area contributed by atoms with Crippen molar-refractivity contribution >= 4 is 28.3 Å². The van der Waals surface area contributed by atoms with Crippen molar-refractivity contribution in [2.45, 2.75) is 12.5 Å². The maximum Gasteiger partial charge on any atom is 0.221 e. The molecule has 4 rings (SSSR count). The van der Waals surface area contributed by atoms with Crippen LogP contribution in [0, 0.1) is 17.7 Å². The van der Waals surface area contributed by atoms with Gasteiger partial charge in [-0.15, -0.1) is 11.3 Å². The van der Waals surface area contributed by atoms with Gasteiger partial charge in [0, 0.05) is 23.8 Å². The van der Waals surface area contributed by atoms with Crippen molar-refractivity contribution in [3.05, 3.63) is 58.7 Å². The van der Waals surface area contributed by atoms with Crippen LogP contribution in [0.2, 0.25) is 0 Å². The number of nitrogens with zero attached hydrogens (tertiary/aromatic N) is 5. The first kappa shape index (κ1) is 17.1. The van der Waals surface area contributed by atoms with Gasteiger partial charge in [0.2, 0.25) is 5.95 Å². The molecule has 0 bridgehead atoms. The zero-order valence-corrected chi connectivity index (χ0v) is 14.9. The molecule has 0 radical (unpaired) electrons. The maximum absolute atomic E-state index is 14.4. The number of anilines is 1. The number of nitrogen functional groups attached to an aromatic ring is 1. The van der Waals surface area contributed by atoms with Crippen LogP contribution < -0.4 is 5.73 Å². The lowest BCUT2D eigenvalue weighted by Gasteiger charge is -2.12. The van der Waals surface area contributed by atoms with E-state index in [2.05, 4.69) is 31.8 Å². The van der Waals surface area contributed by atoms with Gasteiger partial charge < -0.3 is 10.8 Å². The van der Waals surface area contributed by atoms with Crippen LogP contribution in [-0.2, 0) is 5.60 Å². The monoisotopic (exact) mass is 380 g/mol. The number of nitrogens with two attached hydrogens (primary N) is 1. The highest BCUT2D eigenvalue weighted by molar-refractivity contribution is 7.09. The Kier molecular flexibility index (Phi) is 4.07. The quantitative estimate of drug-likeness (QED) is 0.517. The van der Waals surface area contributed by atoms with E-state index in [1.807, 2.05) is 0 Å². The first-order valence-corrected chi connectivity index (χ1v) is 8.73. The first-order chi connectivity index (χ1) is 12.9. The molecule has 3 aromatic heterocycles. The Labute approximate surface area is 157 Å². The van der Waals surface area contributed by atoms with Gasteiger partial charge >= 0.3 is 0 Å². The molecule has 1 aromatic carbocycles. The van der Waals surface area contributed by atoms with Crippen molar-refractivity contribution < 1.29 is 9.50 Å². The molecule has 0 fully saturated rings. The molecule has 9 heteroatoms. The SMILES string of the molecule is CC(O)(C#Cc1cc2c(cc1F)ncn2-c1ccnc(N)n1)c1nccs1. The topological polar surface area (TPSA) is 103 Å². The molecule has 0 aliphatic rings. The predicted molar refractivity (Wildman–Crippen MR) is 99.6 cm³/mol. The fourth-order valence-corrected chi connectivity index (χ4v) is 3.17. The second kappa shape index (κ2) is 6.42. The lowest BCUT2D eigenvalue weighted by molar-refractivity contribution is 0.122. The zero-order chi connectivity index (χ0) is 19.0. The number of hydrogen-bond donors (Lipinski definition) is 2. The number of imidazole rings is 1. The molecule has 1 unspecified atom stereocenters. The molecule has 0 saturated carbocycles. The van der Waals surface area contributed by atoms with Crippen LogP contribution in [0.3, 0.4) is 0 Å². The van der Waals surface area contributed by atoms with Crippen LogP contribution in [0.15, 0.2) is 42.3 Å². The molecule has 27 heavy (non-hydrogen) atoms. The number of fused-ring (bicyclic) bond motifs is 1. The van der Waals surface area contributed by atoms with Crippen molar-refractivity contribution in [2.75, 3.05) is 5.73 Å². The summed E-state index contributed by atoms with van der Waals surface area (Å²) in [6.45, 7) is 1.52. The van der Waals surface area contributed by atoms with Crippen molar-refractivity contribution in [3.8, 4) is 17.7 Å². The van der Waals surface area contributed by atoms with Crippen LogP contribution in [-0.4, -0.2) is 29.6 Å². The number of benzene rings is 1. The number of aliphatic hydroxyl groups is 1. The van der Waals surface area contributed by atoms with Crippen LogP contribution in [0.1, 0.15) is 17.5 Å². The standard InChI is InChI=1S/C18H13FN6OS/c1-18(26,16-21-6-7-27-16)4-2-11-8-14-13(9-12(11)19)23-10-25(14)15-3-5-22-17(20)24-15/h3,5-10,26H,1H3,(H2,20,22,24). The zero-order valence-electron chi connectivity index (χ0n) is 14.1. The van der Waals surface area contributed by atoms with Crippen molar-refractivity contribution in [1.82, 2.24) is 24.5 Å². The van der Waals surface area contributed by atoms with E-state index in [1.54, 1.807) is 28.3 Å².